The van der Waals surface area contributed by atoms with E-state index >= 15 is 0 Å². The Morgan fingerprint density at radius 1 is 1.29 bits per heavy atom. The van der Waals surface area contributed by atoms with E-state index in [0.717, 1.165) is 17.9 Å². The number of nitrogens with zero attached hydrogens (tertiary/aromatic N) is 2. The Morgan fingerprint density at radius 3 is 2.71 bits per heavy atom. The van der Waals surface area contributed by atoms with Gasteiger partial charge in [0.25, 0.3) is 0 Å². The van der Waals surface area contributed by atoms with Gasteiger partial charge in [-0.1, -0.05) is 12.1 Å². The summed E-state index contributed by atoms with van der Waals surface area (Å²) in [6.07, 6.45) is 0. The molecule has 0 bridgehead atoms. The molecule has 1 atom stereocenters. The van der Waals surface area contributed by atoms with Crippen LogP contribution in [0.3, 0.4) is 0 Å². The zero-order valence-electron chi connectivity index (χ0n) is 13.0. The molecule has 2 aromatic heterocycles. The van der Waals surface area contributed by atoms with Gasteiger partial charge in [-0.3, -0.25) is 0 Å². The highest BCUT2D eigenvalue weighted by Crippen LogP contribution is 2.26. The number of benzene rings is 1. The van der Waals surface area contributed by atoms with Gasteiger partial charge in [-0.25, -0.2) is 4.98 Å². The highest BCUT2D eigenvalue weighted by molar-refractivity contribution is 7.12. The third-order valence-corrected chi connectivity index (χ3v) is 4.97. The van der Waals surface area contributed by atoms with Crippen molar-refractivity contribution in [3.05, 3.63) is 51.5 Å². The zero-order valence-corrected chi connectivity index (χ0v) is 13.8. The molecule has 110 valence electrons. The second-order valence-electron chi connectivity index (χ2n) is 5.55. The summed E-state index contributed by atoms with van der Waals surface area (Å²) in [6, 6.07) is 10.9. The maximum absolute atomic E-state index is 4.71. The van der Waals surface area contributed by atoms with Crippen molar-refractivity contribution in [3.63, 3.8) is 0 Å². The molecular formula is C17H21N3S. The van der Waals surface area contributed by atoms with Crippen LogP contribution in [0, 0.1) is 13.8 Å². The molecule has 1 N–H and O–H groups in total. The number of para-hydroxylation sites is 2. The predicted molar refractivity (Wildman–Crippen MR) is 89.8 cm³/mol. The van der Waals surface area contributed by atoms with Gasteiger partial charge in [0.05, 0.1) is 17.6 Å². The molecule has 0 aliphatic rings. The molecule has 2 heterocycles. The van der Waals surface area contributed by atoms with Gasteiger partial charge in [0.2, 0.25) is 0 Å². The number of rotatable bonds is 4. The minimum atomic E-state index is 0.342. The molecule has 3 aromatic rings. The van der Waals surface area contributed by atoms with Crippen molar-refractivity contribution in [2.45, 2.75) is 33.4 Å². The quantitative estimate of drug-likeness (QED) is 0.786. The van der Waals surface area contributed by atoms with E-state index in [1.54, 1.807) is 0 Å². The summed E-state index contributed by atoms with van der Waals surface area (Å²) < 4.78 is 2.17. The molecule has 3 rings (SSSR count). The first kappa shape index (κ1) is 14.3. The van der Waals surface area contributed by atoms with E-state index in [9.17, 15) is 0 Å². The third-order valence-electron chi connectivity index (χ3n) is 3.99. The van der Waals surface area contributed by atoms with Crippen LogP contribution in [-0.2, 0) is 13.6 Å². The summed E-state index contributed by atoms with van der Waals surface area (Å²) in [5.74, 6) is 1.08. The number of imidazole rings is 1. The maximum Gasteiger partial charge on any atom is 0.123 e. The monoisotopic (exact) mass is 299 g/mol. The molecule has 1 unspecified atom stereocenters. The van der Waals surface area contributed by atoms with Gasteiger partial charge in [-0.15, -0.1) is 11.3 Å². The lowest BCUT2D eigenvalue weighted by Gasteiger charge is -2.13. The van der Waals surface area contributed by atoms with Crippen LogP contribution in [0.2, 0.25) is 0 Å². The van der Waals surface area contributed by atoms with Crippen molar-refractivity contribution in [2.75, 3.05) is 0 Å². The first-order valence-electron chi connectivity index (χ1n) is 7.27. The summed E-state index contributed by atoms with van der Waals surface area (Å²) in [4.78, 5) is 7.48. The summed E-state index contributed by atoms with van der Waals surface area (Å²) in [7, 11) is 2.08. The van der Waals surface area contributed by atoms with Crippen LogP contribution in [0.5, 0.6) is 0 Å². The van der Waals surface area contributed by atoms with Crippen molar-refractivity contribution in [3.8, 4) is 0 Å². The van der Waals surface area contributed by atoms with Crippen LogP contribution < -0.4 is 5.32 Å². The minimum Gasteiger partial charge on any atom is -0.330 e. The van der Waals surface area contributed by atoms with Crippen molar-refractivity contribution < 1.29 is 0 Å². The topological polar surface area (TPSA) is 29.9 Å². The lowest BCUT2D eigenvalue weighted by atomic mass is 10.1. The number of aryl methyl sites for hydroxylation is 3. The Hall–Kier alpha value is -1.65. The summed E-state index contributed by atoms with van der Waals surface area (Å²) in [5, 5.41) is 3.59. The van der Waals surface area contributed by atoms with Gasteiger partial charge >= 0.3 is 0 Å². The molecule has 0 fully saturated rings. The first-order chi connectivity index (χ1) is 10.1. The minimum absolute atomic E-state index is 0.342. The Balaban J connectivity index is 1.77. The van der Waals surface area contributed by atoms with Crippen LogP contribution >= 0.6 is 11.3 Å². The molecule has 0 aliphatic heterocycles. The largest absolute Gasteiger partial charge is 0.330 e. The van der Waals surface area contributed by atoms with E-state index in [1.807, 2.05) is 17.4 Å². The second kappa shape index (κ2) is 5.62. The normalized spacial score (nSPS) is 13.0. The number of hydrogen-bond donors (Lipinski definition) is 1. The van der Waals surface area contributed by atoms with Gasteiger partial charge < -0.3 is 9.88 Å². The fraction of sp³-hybridized carbons (Fsp3) is 0.353. The average Bonchev–Trinajstić information content (AvgIpc) is 2.97. The molecule has 0 spiro atoms. The van der Waals surface area contributed by atoms with Crippen LogP contribution in [0.15, 0.2) is 30.3 Å². The van der Waals surface area contributed by atoms with Crippen molar-refractivity contribution >= 4 is 22.4 Å². The third kappa shape index (κ3) is 2.74. The van der Waals surface area contributed by atoms with E-state index in [-0.39, 0.29) is 0 Å². The van der Waals surface area contributed by atoms with E-state index < -0.39 is 0 Å². The molecular weight excluding hydrogens is 278 g/mol. The van der Waals surface area contributed by atoms with Gasteiger partial charge in [-0.05, 0) is 44.5 Å². The van der Waals surface area contributed by atoms with Crippen LogP contribution in [0.25, 0.3) is 11.0 Å². The highest BCUT2D eigenvalue weighted by atomic mass is 32.1. The number of thiophene rings is 1. The molecule has 0 aliphatic carbocycles. The lowest BCUT2D eigenvalue weighted by molar-refractivity contribution is 0.550. The second-order valence-corrected chi connectivity index (χ2v) is 7.01. The van der Waals surface area contributed by atoms with E-state index in [4.69, 9.17) is 4.98 Å². The Morgan fingerprint density at radius 2 is 2.05 bits per heavy atom. The fourth-order valence-corrected chi connectivity index (χ4v) is 3.81. The maximum atomic E-state index is 4.71. The number of hydrogen-bond acceptors (Lipinski definition) is 3. The molecule has 21 heavy (non-hydrogen) atoms. The van der Waals surface area contributed by atoms with Gasteiger partial charge in [-0.2, -0.15) is 0 Å². The highest BCUT2D eigenvalue weighted by Gasteiger charge is 2.13. The summed E-state index contributed by atoms with van der Waals surface area (Å²) in [6.45, 7) is 7.36. The standard InChI is InChI=1S/C17H21N3S/c1-11-9-14(13(3)21-11)12(2)18-10-17-19-15-7-5-6-8-16(15)20(17)4/h5-9,12,18H,10H2,1-4H3. The number of nitrogens with one attached hydrogen (secondary N) is 1. The fourth-order valence-electron chi connectivity index (χ4n) is 2.79. The van der Waals surface area contributed by atoms with E-state index in [1.165, 1.54) is 20.8 Å². The van der Waals surface area contributed by atoms with Crippen molar-refractivity contribution in [1.82, 2.24) is 14.9 Å². The zero-order chi connectivity index (χ0) is 15.0. The van der Waals surface area contributed by atoms with Gasteiger partial charge in [0.15, 0.2) is 0 Å². The van der Waals surface area contributed by atoms with Gasteiger partial charge in [0.1, 0.15) is 5.82 Å². The molecule has 0 saturated heterocycles. The van der Waals surface area contributed by atoms with Crippen molar-refractivity contribution in [2.24, 2.45) is 7.05 Å². The molecule has 4 heteroatoms. The Bertz CT molecular complexity index is 770. The van der Waals surface area contributed by atoms with Crippen LogP contribution in [0.1, 0.15) is 34.1 Å². The van der Waals surface area contributed by atoms with Crippen LogP contribution in [0.4, 0.5) is 0 Å². The Labute approximate surface area is 129 Å². The number of fused-ring (bicyclic) bond motifs is 1. The van der Waals surface area contributed by atoms with Crippen LogP contribution in [-0.4, -0.2) is 9.55 Å². The number of aromatic nitrogens is 2. The Kier molecular flexibility index (Phi) is 3.83. The van der Waals surface area contributed by atoms with E-state index in [2.05, 4.69) is 62.0 Å². The van der Waals surface area contributed by atoms with E-state index in [0.29, 0.717) is 6.04 Å². The summed E-state index contributed by atoms with van der Waals surface area (Å²) >= 11 is 1.87. The molecule has 3 nitrogen and oxygen atoms in total. The lowest BCUT2D eigenvalue weighted by Crippen LogP contribution is -2.20. The first-order valence-corrected chi connectivity index (χ1v) is 8.08. The predicted octanol–water partition coefficient (Wildman–Crippen LogP) is 4.10. The molecule has 0 saturated carbocycles. The average molecular weight is 299 g/mol. The molecule has 0 radical (unpaired) electrons. The SMILES string of the molecule is Cc1cc(C(C)NCc2nc3ccccc3n2C)c(C)s1. The smallest absolute Gasteiger partial charge is 0.123 e. The molecule has 1 aromatic carbocycles. The summed E-state index contributed by atoms with van der Waals surface area (Å²) in [5.41, 5.74) is 3.65. The van der Waals surface area contributed by atoms with Crippen molar-refractivity contribution in [1.29, 1.82) is 0 Å². The van der Waals surface area contributed by atoms with Gasteiger partial charge in [0, 0.05) is 22.8 Å². The molecule has 0 amide bonds.